The van der Waals surface area contributed by atoms with Crippen molar-refractivity contribution in [2.24, 2.45) is 7.05 Å². The molecule has 0 saturated carbocycles. The largest absolute Gasteiger partial charge is 0.451 e. The second-order valence-corrected chi connectivity index (χ2v) is 6.88. The van der Waals surface area contributed by atoms with E-state index in [1.54, 1.807) is 42.1 Å². The van der Waals surface area contributed by atoms with Crippen LogP contribution in [0.3, 0.4) is 0 Å². The van der Waals surface area contributed by atoms with Crippen LogP contribution in [0.5, 0.6) is 0 Å². The SMILES string of the molecule is Cn1cccc1C(=O)OCC(=O)Nc1ccccc1S(C)(=O)=O. The Morgan fingerprint density at radius 1 is 1.17 bits per heavy atom. The Morgan fingerprint density at radius 2 is 1.87 bits per heavy atom. The lowest BCUT2D eigenvalue weighted by Crippen LogP contribution is -2.22. The van der Waals surface area contributed by atoms with E-state index in [1.165, 1.54) is 12.1 Å². The van der Waals surface area contributed by atoms with Crippen LogP contribution < -0.4 is 5.32 Å². The van der Waals surface area contributed by atoms with E-state index in [0.29, 0.717) is 5.69 Å². The smallest absolute Gasteiger partial charge is 0.355 e. The minimum atomic E-state index is -3.48. The van der Waals surface area contributed by atoms with Crippen LogP contribution in [-0.2, 0) is 26.4 Å². The highest BCUT2D eigenvalue weighted by Gasteiger charge is 2.16. The van der Waals surface area contributed by atoms with Gasteiger partial charge in [0.25, 0.3) is 5.91 Å². The van der Waals surface area contributed by atoms with E-state index in [2.05, 4.69) is 5.32 Å². The molecular formula is C15H16N2O5S. The van der Waals surface area contributed by atoms with Gasteiger partial charge in [0, 0.05) is 19.5 Å². The summed E-state index contributed by atoms with van der Waals surface area (Å²) in [5.74, 6) is -1.26. The van der Waals surface area contributed by atoms with Crippen LogP contribution in [0, 0.1) is 0 Å². The second kappa shape index (κ2) is 6.66. The zero-order valence-electron chi connectivity index (χ0n) is 12.6. The molecule has 23 heavy (non-hydrogen) atoms. The van der Waals surface area contributed by atoms with Gasteiger partial charge in [-0.3, -0.25) is 4.79 Å². The number of aromatic nitrogens is 1. The molecule has 1 amide bonds. The molecule has 0 unspecified atom stereocenters. The van der Waals surface area contributed by atoms with Gasteiger partial charge < -0.3 is 14.6 Å². The van der Waals surface area contributed by atoms with Gasteiger partial charge in [0.05, 0.1) is 10.6 Å². The summed E-state index contributed by atoms with van der Waals surface area (Å²) in [7, 11) is -1.80. The lowest BCUT2D eigenvalue weighted by molar-refractivity contribution is -0.119. The number of hydrogen-bond acceptors (Lipinski definition) is 5. The number of rotatable bonds is 5. The second-order valence-electron chi connectivity index (χ2n) is 4.90. The summed E-state index contributed by atoms with van der Waals surface area (Å²) in [6.07, 6.45) is 2.73. The molecule has 0 radical (unpaired) electrons. The molecule has 0 atom stereocenters. The standard InChI is InChI=1S/C15H16N2O5S/c1-17-9-5-7-12(17)15(19)22-10-14(18)16-11-6-3-4-8-13(11)23(2,20)21/h3-9H,10H2,1-2H3,(H,16,18). The first-order valence-electron chi connectivity index (χ1n) is 6.66. The number of hydrogen-bond donors (Lipinski definition) is 1. The molecular weight excluding hydrogens is 320 g/mol. The lowest BCUT2D eigenvalue weighted by atomic mass is 10.3. The van der Waals surface area contributed by atoms with Crippen molar-refractivity contribution >= 4 is 27.4 Å². The van der Waals surface area contributed by atoms with Crippen molar-refractivity contribution in [3.63, 3.8) is 0 Å². The van der Waals surface area contributed by atoms with Gasteiger partial charge >= 0.3 is 5.97 Å². The molecule has 0 aliphatic carbocycles. The topological polar surface area (TPSA) is 94.5 Å². The summed E-state index contributed by atoms with van der Waals surface area (Å²) >= 11 is 0. The van der Waals surface area contributed by atoms with Crippen LogP contribution in [0.4, 0.5) is 5.69 Å². The van der Waals surface area contributed by atoms with Crippen molar-refractivity contribution in [1.29, 1.82) is 0 Å². The quantitative estimate of drug-likeness (QED) is 0.829. The molecule has 0 saturated heterocycles. The number of benzene rings is 1. The maximum Gasteiger partial charge on any atom is 0.355 e. The zero-order chi connectivity index (χ0) is 17.0. The number of sulfone groups is 1. The molecule has 1 N–H and O–H groups in total. The summed E-state index contributed by atoms with van der Waals surface area (Å²) < 4.78 is 29.8. The summed E-state index contributed by atoms with van der Waals surface area (Å²) in [5, 5.41) is 2.43. The molecule has 0 aliphatic heterocycles. The Morgan fingerprint density at radius 3 is 2.48 bits per heavy atom. The van der Waals surface area contributed by atoms with E-state index in [-0.39, 0.29) is 10.6 Å². The average Bonchev–Trinajstić information content (AvgIpc) is 2.90. The third-order valence-electron chi connectivity index (χ3n) is 3.05. The number of amides is 1. The number of aryl methyl sites for hydroxylation is 1. The van der Waals surface area contributed by atoms with Gasteiger partial charge in [0.1, 0.15) is 5.69 Å². The van der Waals surface area contributed by atoms with E-state index in [1.807, 2.05) is 0 Å². The van der Waals surface area contributed by atoms with Gasteiger partial charge in [-0.05, 0) is 24.3 Å². The molecule has 0 fully saturated rings. The van der Waals surface area contributed by atoms with Crippen LogP contribution in [0.25, 0.3) is 0 Å². The van der Waals surface area contributed by atoms with Gasteiger partial charge in [-0.2, -0.15) is 0 Å². The molecule has 8 heteroatoms. The molecule has 2 rings (SSSR count). The molecule has 2 aromatic rings. The summed E-state index contributed by atoms with van der Waals surface area (Å²) in [5.41, 5.74) is 0.462. The molecule has 0 spiro atoms. The fraction of sp³-hybridized carbons (Fsp3) is 0.200. The fourth-order valence-corrected chi connectivity index (χ4v) is 2.80. The van der Waals surface area contributed by atoms with Crippen molar-refractivity contribution in [3.05, 3.63) is 48.3 Å². The van der Waals surface area contributed by atoms with E-state index < -0.39 is 28.3 Å². The minimum absolute atomic E-state index is 0.00195. The Balaban J connectivity index is 2.01. The molecule has 1 aromatic heterocycles. The monoisotopic (exact) mass is 336 g/mol. The maximum absolute atomic E-state index is 11.9. The van der Waals surface area contributed by atoms with Crippen molar-refractivity contribution in [1.82, 2.24) is 4.57 Å². The molecule has 7 nitrogen and oxygen atoms in total. The minimum Gasteiger partial charge on any atom is -0.451 e. The van der Waals surface area contributed by atoms with Gasteiger partial charge in [-0.15, -0.1) is 0 Å². The number of para-hydroxylation sites is 1. The van der Waals surface area contributed by atoms with Gasteiger partial charge in [-0.1, -0.05) is 12.1 Å². The van der Waals surface area contributed by atoms with E-state index in [0.717, 1.165) is 6.26 Å². The average molecular weight is 336 g/mol. The van der Waals surface area contributed by atoms with Gasteiger partial charge in [0.2, 0.25) is 0 Å². The van der Waals surface area contributed by atoms with Gasteiger partial charge in [-0.25, -0.2) is 13.2 Å². The van der Waals surface area contributed by atoms with Crippen molar-refractivity contribution < 1.29 is 22.7 Å². The zero-order valence-corrected chi connectivity index (χ0v) is 13.5. The van der Waals surface area contributed by atoms with E-state index in [4.69, 9.17) is 4.74 Å². The molecule has 1 heterocycles. The van der Waals surface area contributed by atoms with Crippen LogP contribution in [-0.4, -0.2) is 37.7 Å². The van der Waals surface area contributed by atoms with Crippen LogP contribution in [0.2, 0.25) is 0 Å². The summed E-state index contributed by atoms with van der Waals surface area (Å²) in [4.78, 5) is 23.7. The van der Waals surface area contributed by atoms with Crippen molar-refractivity contribution in [3.8, 4) is 0 Å². The number of esters is 1. The predicted octanol–water partition coefficient (Wildman–Crippen LogP) is 1.22. The molecule has 122 valence electrons. The summed E-state index contributed by atoms with van der Waals surface area (Å²) in [6.45, 7) is -0.512. The Hall–Kier alpha value is -2.61. The first-order chi connectivity index (χ1) is 10.8. The molecule has 0 aliphatic rings. The Kier molecular flexibility index (Phi) is 4.85. The normalized spacial score (nSPS) is 11.0. The number of nitrogens with zero attached hydrogens (tertiary/aromatic N) is 1. The predicted molar refractivity (Wildman–Crippen MR) is 83.9 cm³/mol. The molecule has 0 bridgehead atoms. The third-order valence-corrected chi connectivity index (χ3v) is 4.20. The first kappa shape index (κ1) is 16.8. The number of ether oxygens (including phenoxy) is 1. The van der Waals surface area contributed by atoms with E-state index in [9.17, 15) is 18.0 Å². The first-order valence-corrected chi connectivity index (χ1v) is 8.55. The molecule has 1 aromatic carbocycles. The number of nitrogens with one attached hydrogen (secondary N) is 1. The maximum atomic E-state index is 11.9. The number of carbonyl (C=O) groups is 2. The Labute approximate surface area is 133 Å². The third kappa shape index (κ3) is 4.19. The van der Waals surface area contributed by atoms with Crippen LogP contribution >= 0.6 is 0 Å². The Bertz CT molecular complexity index is 839. The lowest BCUT2D eigenvalue weighted by Gasteiger charge is -2.10. The number of carbonyl (C=O) groups excluding carboxylic acids is 2. The highest BCUT2D eigenvalue weighted by atomic mass is 32.2. The van der Waals surface area contributed by atoms with Crippen LogP contribution in [0.1, 0.15) is 10.5 Å². The van der Waals surface area contributed by atoms with Crippen molar-refractivity contribution in [2.75, 3.05) is 18.2 Å². The fourth-order valence-electron chi connectivity index (χ4n) is 1.96. The highest BCUT2D eigenvalue weighted by Crippen LogP contribution is 2.20. The summed E-state index contributed by atoms with van der Waals surface area (Å²) in [6, 6.07) is 9.26. The number of anilines is 1. The van der Waals surface area contributed by atoms with Crippen molar-refractivity contribution in [2.45, 2.75) is 4.90 Å². The van der Waals surface area contributed by atoms with E-state index >= 15 is 0 Å². The van der Waals surface area contributed by atoms with Gasteiger partial charge in [0.15, 0.2) is 16.4 Å². The highest BCUT2D eigenvalue weighted by molar-refractivity contribution is 7.90. The van der Waals surface area contributed by atoms with Crippen LogP contribution in [0.15, 0.2) is 47.5 Å².